The molecule has 0 radical (unpaired) electrons. The molecule has 0 saturated carbocycles. The maximum absolute atomic E-state index is 3.50. The zero-order valence-electron chi connectivity index (χ0n) is 23.0. The molecule has 0 saturated heterocycles. The van der Waals surface area contributed by atoms with E-state index in [0.29, 0.717) is 0 Å². The molecule has 0 aliphatic rings. The molecule has 0 spiro atoms. The van der Waals surface area contributed by atoms with Crippen molar-refractivity contribution in [2.75, 3.05) is 42.3 Å². The predicted molar refractivity (Wildman–Crippen MR) is 155 cm³/mol. The van der Waals surface area contributed by atoms with Gasteiger partial charge in [-0.05, 0) is 25.0 Å². The Morgan fingerprint density at radius 1 is 0.647 bits per heavy atom. The van der Waals surface area contributed by atoms with Crippen molar-refractivity contribution in [3.8, 4) is 0 Å². The number of aryl methyl sites for hydroxylation is 2. The van der Waals surface area contributed by atoms with Crippen LogP contribution in [0, 0.1) is 13.8 Å². The van der Waals surface area contributed by atoms with E-state index in [1.807, 2.05) is 31.7 Å². The molecule has 0 N–H and O–H groups in total. The fourth-order valence-electron chi connectivity index (χ4n) is 1.92. The van der Waals surface area contributed by atoms with Crippen molar-refractivity contribution in [1.29, 1.82) is 0 Å². The summed E-state index contributed by atoms with van der Waals surface area (Å²) < 4.78 is 2.04. The normalized spacial score (nSPS) is 10.4. The van der Waals surface area contributed by atoms with Gasteiger partial charge >= 0.3 is 56.4 Å². The molecular weight excluding hydrogens is 450 g/mol. The van der Waals surface area contributed by atoms with E-state index >= 15 is 0 Å². The molecule has 0 aromatic heterocycles. The standard InChI is InChI=1S/C18H18.C6H9.3C2H6N.Ti/c1-15-7-11-17(12-8-15)5-3-4-6-18-13-9-16(2)10-14-18;1-4-6(3)5-2;3*1-3-2;/h3-14H,1-2H3;1,4-5H,2-3H3;3*1-2H3;/q;;3*-1;+3. The first-order valence-corrected chi connectivity index (χ1v) is 12.1. The van der Waals surface area contributed by atoms with Crippen molar-refractivity contribution < 1.29 is 20.4 Å². The van der Waals surface area contributed by atoms with Crippen LogP contribution in [-0.2, 0) is 20.4 Å². The Kier molecular flexibility index (Phi) is 31.2. The predicted octanol–water partition coefficient (Wildman–Crippen LogP) is 8.90. The summed E-state index contributed by atoms with van der Waals surface area (Å²) in [6.45, 7) is 8.32. The monoisotopic (exact) mass is 495 g/mol. The van der Waals surface area contributed by atoms with Crippen LogP contribution in [0.15, 0.2) is 82.8 Å². The summed E-state index contributed by atoms with van der Waals surface area (Å²) in [5.74, 6) is 0. The Balaban J connectivity index is -0.000000497. The van der Waals surface area contributed by atoms with Crippen molar-refractivity contribution in [3.63, 3.8) is 0 Å². The maximum atomic E-state index is 3.50. The molecule has 2 aromatic carbocycles. The minimum Gasteiger partial charge on any atom is -0.668 e. The zero-order chi connectivity index (χ0) is 26.6. The van der Waals surface area contributed by atoms with Gasteiger partial charge in [0.25, 0.3) is 0 Å². The van der Waals surface area contributed by atoms with Crippen LogP contribution in [0.3, 0.4) is 0 Å². The Morgan fingerprint density at radius 2 is 0.941 bits per heavy atom. The number of allylic oxidation sites excluding steroid dienone is 5. The van der Waals surface area contributed by atoms with Gasteiger partial charge in [0, 0.05) is 0 Å². The largest absolute Gasteiger partial charge is 0.668 e. The van der Waals surface area contributed by atoms with Gasteiger partial charge in [-0.15, -0.1) is 0 Å². The van der Waals surface area contributed by atoms with E-state index in [4.69, 9.17) is 0 Å². The first kappa shape index (κ1) is 36.6. The van der Waals surface area contributed by atoms with Crippen molar-refractivity contribution in [2.24, 2.45) is 0 Å². The van der Waals surface area contributed by atoms with Crippen LogP contribution in [-0.4, -0.2) is 42.3 Å². The Labute approximate surface area is 222 Å². The molecule has 2 rings (SSSR count). The van der Waals surface area contributed by atoms with E-state index in [-0.39, 0.29) is 0 Å². The average molecular weight is 496 g/mol. The van der Waals surface area contributed by atoms with Gasteiger partial charge in [0.2, 0.25) is 0 Å². The third kappa shape index (κ3) is 28.0. The summed E-state index contributed by atoms with van der Waals surface area (Å²) >= 11 is 2.02. The molecule has 0 atom stereocenters. The summed E-state index contributed by atoms with van der Waals surface area (Å²) in [4.78, 5) is 0. The molecule has 0 aliphatic heterocycles. The molecule has 0 bridgehead atoms. The van der Waals surface area contributed by atoms with Crippen molar-refractivity contribution in [1.82, 2.24) is 0 Å². The number of nitrogens with zero attached hydrogens (tertiary/aromatic N) is 3. The van der Waals surface area contributed by atoms with Gasteiger partial charge in [-0.2, -0.15) is 42.3 Å². The van der Waals surface area contributed by atoms with Crippen LogP contribution in [0.25, 0.3) is 28.1 Å². The Hall–Kier alpha value is -2.01. The number of hydrogen-bond donors (Lipinski definition) is 0. The van der Waals surface area contributed by atoms with Gasteiger partial charge in [-0.1, -0.05) is 84.0 Å². The molecule has 0 fully saturated rings. The number of benzene rings is 2. The molecule has 0 unspecified atom stereocenters. The second-order valence-corrected chi connectivity index (χ2v) is 7.77. The van der Waals surface area contributed by atoms with Gasteiger partial charge in [-0.3, -0.25) is 0 Å². The molecular formula is C30H45N3Ti. The summed E-state index contributed by atoms with van der Waals surface area (Å²) in [6.07, 6.45) is 12.5. The van der Waals surface area contributed by atoms with E-state index in [2.05, 4.69) is 122 Å². The summed E-state index contributed by atoms with van der Waals surface area (Å²) in [6, 6.07) is 17.0. The van der Waals surface area contributed by atoms with Crippen molar-refractivity contribution in [3.05, 3.63) is 121 Å². The minimum atomic E-state index is 1.23. The van der Waals surface area contributed by atoms with Crippen molar-refractivity contribution >= 4 is 12.2 Å². The van der Waals surface area contributed by atoms with E-state index in [9.17, 15) is 0 Å². The molecule has 0 heterocycles. The first-order valence-electron chi connectivity index (χ1n) is 11.2. The van der Waals surface area contributed by atoms with E-state index in [0.717, 1.165) is 0 Å². The molecule has 0 amide bonds. The second kappa shape index (κ2) is 29.0. The van der Waals surface area contributed by atoms with Crippen LogP contribution in [0.2, 0.25) is 0 Å². The molecule has 3 nitrogen and oxygen atoms in total. The summed E-state index contributed by atoms with van der Waals surface area (Å²) in [5.41, 5.74) is 6.37. The number of hydrogen-bond acceptors (Lipinski definition) is 0. The van der Waals surface area contributed by atoms with Crippen LogP contribution >= 0.6 is 0 Å². The molecule has 2 aromatic rings. The minimum absolute atomic E-state index is 1.23. The van der Waals surface area contributed by atoms with Crippen LogP contribution in [0.4, 0.5) is 0 Å². The quantitative estimate of drug-likeness (QED) is 0.300. The molecule has 0 aliphatic carbocycles. The molecule has 184 valence electrons. The van der Waals surface area contributed by atoms with Gasteiger partial charge in [0.05, 0.1) is 0 Å². The first-order chi connectivity index (χ1) is 16.3. The summed E-state index contributed by atoms with van der Waals surface area (Å²) in [5, 5.41) is 10.5. The van der Waals surface area contributed by atoms with Crippen LogP contribution in [0.5, 0.6) is 0 Å². The number of rotatable bonds is 4. The topological polar surface area (TPSA) is 42.3 Å². The smallest absolute Gasteiger partial charge is 0.0256 e. The van der Waals surface area contributed by atoms with Crippen LogP contribution < -0.4 is 0 Å². The van der Waals surface area contributed by atoms with E-state index in [1.165, 1.54) is 27.8 Å². The van der Waals surface area contributed by atoms with Gasteiger partial charge in [-0.25, -0.2) is 0 Å². The summed E-state index contributed by atoms with van der Waals surface area (Å²) in [7, 11) is 10.5. The van der Waals surface area contributed by atoms with Crippen molar-refractivity contribution in [2.45, 2.75) is 27.7 Å². The second-order valence-electron chi connectivity index (χ2n) is 7.25. The van der Waals surface area contributed by atoms with Gasteiger partial charge in [0.1, 0.15) is 0 Å². The third-order valence-corrected chi connectivity index (χ3v) is 3.90. The Bertz CT molecular complexity index is 729. The fourth-order valence-corrected chi connectivity index (χ4v) is 2.33. The molecule has 34 heavy (non-hydrogen) atoms. The SMILES string of the molecule is CC=C(C)C=[CH][Ti+3].C[N-]C.C[N-]C.C[N-]C.Cc1ccc(C=CC=Cc2ccc(C)cc2)cc1. The fraction of sp³-hybridized carbons (Fsp3) is 0.333. The third-order valence-electron chi connectivity index (χ3n) is 3.64. The Morgan fingerprint density at radius 3 is 1.15 bits per heavy atom. The zero-order valence-corrected chi connectivity index (χ0v) is 24.6. The van der Waals surface area contributed by atoms with Gasteiger partial charge in [0.15, 0.2) is 0 Å². The van der Waals surface area contributed by atoms with E-state index < -0.39 is 0 Å². The van der Waals surface area contributed by atoms with E-state index in [1.54, 1.807) is 42.3 Å². The maximum Gasteiger partial charge on any atom is -0.0256 e. The average Bonchev–Trinajstić information content (AvgIpc) is 2.81. The molecule has 4 heteroatoms. The van der Waals surface area contributed by atoms with Gasteiger partial charge < -0.3 is 16.0 Å². The van der Waals surface area contributed by atoms with Crippen LogP contribution in [0.1, 0.15) is 36.1 Å².